The van der Waals surface area contributed by atoms with Crippen molar-refractivity contribution in [1.82, 2.24) is 30.1 Å². The number of carbonyl (C=O) groups is 2. The van der Waals surface area contributed by atoms with Crippen LogP contribution >= 0.6 is 0 Å². The molecule has 2 saturated heterocycles. The fourth-order valence-electron chi connectivity index (χ4n) is 6.64. The number of carbonyl (C=O) groups excluding carboxylic acids is 1. The molecule has 2 aromatic heterocycles. The van der Waals surface area contributed by atoms with E-state index in [-0.39, 0.29) is 29.7 Å². The Morgan fingerprint density at radius 3 is 2.64 bits per heavy atom. The predicted molar refractivity (Wildman–Crippen MR) is 156 cm³/mol. The van der Waals surface area contributed by atoms with Crippen LogP contribution in [0.1, 0.15) is 45.1 Å². The van der Waals surface area contributed by atoms with Gasteiger partial charge in [-0.05, 0) is 80.5 Å². The molecule has 0 bridgehead atoms. The van der Waals surface area contributed by atoms with E-state index in [1.54, 1.807) is 17.0 Å². The highest BCUT2D eigenvalue weighted by atomic mass is 19.1. The Balaban J connectivity index is 1.44. The third-order valence-corrected chi connectivity index (χ3v) is 8.68. The Bertz CT molecular complexity index is 1640. The molecule has 2 aromatic carbocycles. The number of nitrogens with one attached hydrogen (secondary N) is 3. The number of aromatic nitrogens is 3. The third-order valence-electron chi connectivity index (χ3n) is 8.68. The highest BCUT2D eigenvalue weighted by molar-refractivity contribution is 5.92. The van der Waals surface area contributed by atoms with Crippen LogP contribution in [0.4, 0.5) is 13.6 Å². The first-order valence-electron chi connectivity index (χ1n) is 14.7. The van der Waals surface area contributed by atoms with Crippen molar-refractivity contribution in [2.24, 2.45) is 5.92 Å². The van der Waals surface area contributed by atoms with Gasteiger partial charge < -0.3 is 30.2 Å². The number of hydrogen-bond acceptors (Lipinski definition) is 4. The van der Waals surface area contributed by atoms with Gasteiger partial charge in [0, 0.05) is 42.1 Å². The van der Waals surface area contributed by atoms with Gasteiger partial charge in [0.15, 0.2) is 5.82 Å². The van der Waals surface area contributed by atoms with Crippen molar-refractivity contribution in [1.29, 1.82) is 0 Å². The maximum Gasteiger partial charge on any atom is 0.405 e. The molecule has 2 fully saturated rings. The molecule has 42 heavy (non-hydrogen) atoms. The number of benzene rings is 2. The number of aromatic amines is 1. The summed E-state index contributed by atoms with van der Waals surface area (Å²) >= 11 is 0. The van der Waals surface area contributed by atoms with Gasteiger partial charge in [0.2, 0.25) is 5.91 Å². The predicted octanol–water partition coefficient (Wildman–Crippen LogP) is 5.04. The second kappa shape index (κ2) is 11.4. The van der Waals surface area contributed by atoms with Crippen molar-refractivity contribution in [3.63, 3.8) is 0 Å². The molecule has 1 unspecified atom stereocenters. The molecular formula is C31H36F2N6O3. The summed E-state index contributed by atoms with van der Waals surface area (Å²) < 4.78 is 30.7. The monoisotopic (exact) mass is 578 g/mol. The lowest BCUT2D eigenvalue weighted by molar-refractivity contribution is -0.135. The minimum atomic E-state index is -1.23. The fraction of sp³-hybridized carbons (Fsp3) is 0.452. The van der Waals surface area contributed by atoms with Crippen LogP contribution in [0.25, 0.3) is 33.5 Å². The zero-order valence-electron chi connectivity index (χ0n) is 23.8. The zero-order valence-corrected chi connectivity index (χ0v) is 23.8. The molecule has 9 nitrogen and oxygen atoms in total. The normalized spacial score (nSPS) is 19.8. The van der Waals surface area contributed by atoms with E-state index in [0.717, 1.165) is 60.8 Å². The maximum absolute atomic E-state index is 14.4. The number of likely N-dealkylation sites (tertiary alicyclic amines) is 1. The lowest BCUT2D eigenvalue weighted by atomic mass is 10.0. The first-order valence-corrected chi connectivity index (χ1v) is 14.7. The average Bonchev–Trinajstić information content (AvgIpc) is 3.74. The van der Waals surface area contributed by atoms with Gasteiger partial charge in [-0.25, -0.2) is 18.6 Å². The Morgan fingerprint density at radius 1 is 1.12 bits per heavy atom. The van der Waals surface area contributed by atoms with Crippen molar-refractivity contribution >= 4 is 33.9 Å². The Labute approximate surface area is 242 Å². The molecule has 6 rings (SSSR count). The Hall–Kier alpha value is -3.99. The van der Waals surface area contributed by atoms with Gasteiger partial charge in [-0.1, -0.05) is 13.8 Å². The van der Waals surface area contributed by atoms with Crippen LogP contribution in [0.2, 0.25) is 0 Å². The first-order chi connectivity index (χ1) is 20.2. The molecule has 4 aromatic rings. The number of rotatable bonds is 8. The lowest BCUT2D eigenvalue weighted by Crippen LogP contribution is -2.52. The molecule has 2 aliphatic rings. The lowest BCUT2D eigenvalue weighted by Gasteiger charge is -2.31. The summed E-state index contributed by atoms with van der Waals surface area (Å²) in [5.41, 5.74) is 3.66. The molecule has 3 atom stereocenters. The summed E-state index contributed by atoms with van der Waals surface area (Å²) in [4.78, 5) is 35.1. The van der Waals surface area contributed by atoms with E-state index in [1.807, 2.05) is 18.4 Å². The number of imidazole rings is 1. The molecule has 11 heteroatoms. The number of H-pyrrole nitrogens is 1. The molecule has 0 saturated carbocycles. The highest BCUT2D eigenvalue weighted by Gasteiger charge is 2.36. The Morgan fingerprint density at radius 2 is 1.90 bits per heavy atom. The molecule has 2 aliphatic heterocycles. The van der Waals surface area contributed by atoms with Crippen LogP contribution in [0.3, 0.4) is 0 Å². The first kappa shape index (κ1) is 28.1. The SMILES string of the molecule is CC(C)C(NC(=O)O)C(=O)N1CCC[C@H]1Cn1c(-c2[nH]c3cc(F)ccc3c2C[C@@H]2CCCN2)nc2cc(F)ccc21. The van der Waals surface area contributed by atoms with E-state index in [1.165, 1.54) is 24.3 Å². The van der Waals surface area contributed by atoms with Gasteiger partial charge in [-0.3, -0.25) is 4.79 Å². The molecule has 222 valence electrons. The van der Waals surface area contributed by atoms with Crippen molar-refractivity contribution in [3.05, 3.63) is 53.6 Å². The standard InChI is InChI=1S/C31H36F2N6O3/c1-17(2)27(37-31(41)42)30(40)38-12-4-6-21(38)16-39-26-10-8-19(33)14-25(26)36-29(39)28-23(15-20-5-3-11-34-20)22-9-7-18(32)13-24(22)35-28/h7-10,13-14,17,20-21,27,34-35,37H,3-6,11-12,15-16H2,1-2H3,(H,41,42)/t20-,21-,27?/m0/s1. The van der Waals surface area contributed by atoms with Crippen LogP contribution < -0.4 is 10.6 Å². The summed E-state index contributed by atoms with van der Waals surface area (Å²) in [6.07, 6.45) is 3.14. The van der Waals surface area contributed by atoms with Crippen molar-refractivity contribution in [2.45, 2.75) is 70.6 Å². The number of hydrogen-bond donors (Lipinski definition) is 4. The molecule has 0 radical (unpaired) electrons. The van der Waals surface area contributed by atoms with Gasteiger partial charge in [0.25, 0.3) is 0 Å². The maximum atomic E-state index is 14.4. The van der Waals surface area contributed by atoms with Crippen LogP contribution in [0.5, 0.6) is 0 Å². The largest absolute Gasteiger partial charge is 0.465 e. The summed E-state index contributed by atoms with van der Waals surface area (Å²) in [7, 11) is 0. The molecule has 4 heterocycles. The number of carboxylic acid groups (broad SMARTS) is 1. The molecule has 0 spiro atoms. The van der Waals surface area contributed by atoms with Gasteiger partial charge in [0.1, 0.15) is 17.7 Å². The van der Waals surface area contributed by atoms with Gasteiger partial charge in [0.05, 0.1) is 16.7 Å². The fourth-order valence-corrected chi connectivity index (χ4v) is 6.64. The smallest absolute Gasteiger partial charge is 0.405 e. The van der Waals surface area contributed by atoms with Crippen molar-refractivity contribution in [2.75, 3.05) is 13.1 Å². The number of amides is 2. The minimum Gasteiger partial charge on any atom is -0.465 e. The van der Waals surface area contributed by atoms with E-state index in [9.17, 15) is 23.5 Å². The third kappa shape index (κ3) is 5.33. The average molecular weight is 579 g/mol. The van der Waals surface area contributed by atoms with Crippen molar-refractivity contribution in [3.8, 4) is 11.5 Å². The summed E-state index contributed by atoms with van der Waals surface area (Å²) in [5.74, 6) is -0.610. The zero-order chi connectivity index (χ0) is 29.5. The topological polar surface area (TPSA) is 115 Å². The summed E-state index contributed by atoms with van der Waals surface area (Å²) in [6.45, 7) is 5.51. The van der Waals surface area contributed by atoms with Crippen LogP contribution in [-0.4, -0.2) is 67.8 Å². The van der Waals surface area contributed by atoms with E-state index in [4.69, 9.17) is 4.98 Å². The quantitative estimate of drug-likeness (QED) is 0.234. The van der Waals surface area contributed by atoms with Crippen LogP contribution in [-0.2, 0) is 17.8 Å². The molecule has 2 amide bonds. The molecule has 4 N–H and O–H groups in total. The summed E-state index contributed by atoms with van der Waals surface area (Å²) in [5, 5.41) is 16.2. The molecule has 0 aliphatic carbocycles. The van der Waals surface area contributed by atoms with Crippen LogP contribution in [0, 0.1) is 17.6 Å². The van der Waals surface area contributed by atoms with Crippen molar-refractivity contribution < 1.29 is 23.5 Å². The Kier molecular flexibility index (Phi) is 7.61. The second-order valence-corrected chi connectivity index (χ2v) is 11.8. The van der Waals surface area contributed by atoms with E-state index >= 15 is 0 Å². The van der Waals surface area contributed by atoms with Gasteiger partial charge in [-0.15, -0.1) is 0 Å². The number of fused-ring (bicyclic) bond motifs is 2. The van der Waals surface area contributed by atoms with Crippen LogP contribution in [0.15, 0.2) is 36.4 Å². The number of nitrogens with zero attached hydrogens (tertiary/aromatic N) is 3. The number of halogens is 2. The van der Waals surface area contributed by atoms with E-state index in [2.05, 4.69) is 15.6 Å². The highest BCUT2D eigenvalue weighted by Crippen LogP contribution is 2.35. The summed E-state index contributed by atoms with van der Waals surface area (Å²) in [6, 6.07) is 8.45. The minimum absolute atomic E-state index is 0.211. The van der Waals surface area contributed by atoms with Gasteiger partial charge >= 0.3 is 6.09 Å². The van der Waals surface area contributed by atoms with E-state index in [0.29, 0.717) is 29.9 Å². The molecular weight excluding hydrogens is 542 g/mol. The van der Waals surface area contributed by atoms with E-state index < -0.39 is 18.0 Å². The van der Waals surface area contributed by atoms with Gasteiger partial charge in [-0.2, -0.15) is 0 Å². The second-order valence-electron chi connectivity index (χ2n) is 11.8.